The average Bonchev–Trinajstić information content (AvgIpc) is 3.10. The molecule has 1 fully saturated rings. The van der Waals surface area contributed by atoms with Gasteiger partial charge in [-0.25, -0.2) is 4.79 Å². The minimum absolute atomic E-state index is 0.656. The zero-order valence-corrected chi connectivity index (χ0v) is 8.72. The van der Waals surface area contributed by atoms with E-state index in [-0.39, 0.29) is 0 Å². The van der Waals surface area contributed by atoms with Crippen LogP contribution in [0.25, 0.3) is 6.08 Å². The van der Waals surface area contributed by atoms with Crippen LogP contribution in [0, 0.1) is 0 Å². The molecule has 1 N–H and O–H groups in total. The molecule has 0 spiro atoms. The number of aliphatic carboxylic acids is 1. The summed E-state index contributed by atoms with van der Waals surface area (Å²) in [6.45, 7) is 0. The summed E-state index contributed by atoms with van der Waals surface area (Å²) >= 11 is 0. The molecule has 0 aliphatic heterocycles. The largest absolute Gasteiger partial charge is 0.475 e. The molecule has 3 nitrogen and oxygen atoms in total. The highest BCUT2D eigenvalue weighted by Gasteiger charge is 2.23. The second-order valence-electron chi connectivity index (χ2n) is 3.95. The van der Waals surface area contributed by atoms with Crippen molar-refractivity contribution in [1.82, 2.24) is 0 Å². The molecule has 1 saturated carbocycles. The first-order valence-corrected chi connectivity index (χ1v) is 5.22. The van der Waals surface area contributed by atoms with Crippen molar-refractivity contribution in [3.63, 3.8) is 0 Å². The Kier molecular flexibility index (Phi) is 2.86. The molecule has 1 aromatic rings. The zero-order valence-electron chi connectivity index (χ0n) is 8.72. The molecule has 82 valence electrons. The molecular weight excluding hydrogens is 204 g/mol. The first-order chi connectivity index (χ1) is 7.66. The third-order valence-electron chi connectivity index (χ3n) is 2.60. The van der Waals surface area contributed by atoms with Crippen LogP contribution in [0.4, 0.5) is 0 Å². The molecule has 1 aliphatic rings. The highest BCUT2D eigenvalue weighted by Crippen LogP contribution is 2.40. The van der Waals surface area contributed by atoms with Crippen molar-refractivity contribution in [2.24, 2.45) is 0 Å². The maximum absolute atomic E-state index is 10.9. The van der Waals surface area contributed by atoms with E-state index in [4.69, 9.17) is 5.11 Å². The van der Waals surface area contributed by atoms with Gasteiger partial charge in [0.15, 0.2) is 0 Å². The first-order valence-electron chi connectivity index (χ1n) is 5.22. The fourth-order valence-electron chi connectivity index (χ4n) is 1.58. The fraction of sp³-hybridized carbons (Fsp3) is 0.231. The molecule has 3 heteroatoms. The predicted molar refractivity (Wildman–Crippen MR) is 60.1 cm³/mol. The lowest BCUT2D eigenvalue weighted by Gasteiger charge is -1.99. The van der Waals surface area contributed by atoms with Gasteiger partial charge in [-0.3, -0.25) is 4.79 Å². The molecule has 16 heavy (non-hydrogen) atoms. The summed E-state index contributed by atoms with van der Waals surface area (Å²) in [5, 5.41) is 8.41. The molecule has 1 aliphatic carbocycles. The van der Waals surface area contributed by atoms with Crippen LogP contribution in [0.2, 0.25) is 0 Å². The van der Waals surface area contributed by atoms with Crippen molar-refractivity contribution in [3.8, 4) is 0 Å². The zero-order chi connectivity index (χ0) is 11.5. The summed E-state index contributed by atoms with van der Waals surface area (Å²) in [6, 6.07) is 7.85. The predicted octanol–water partition coefficient (Wildman–Crippen LogP) is 2.23. The van der Waals surface area contributed by atoms with E-state index >= 15 is 0 Å². The summed E-state index contributed by atoms with van der Waals surface area (Å²) < 4.78 is 0. The summed E-state index contributed by atoms with van der Waals surface area (Å²) in [4.78, 5) is 21.2. The van der Waals surface area contributed by atoms with Gasteiger partial charge < -0.3 is 5.11 Å². The van der Waals surface area contributed by atoms with E-state index in [1.807, 2.05) is 18.2 Å². The van der Waals surface area contributed by atoms with Gasteiger partial charge in [-0.05, 0) is 36.0 Å². The van der Waals surface area contributed by atoms with Gasteiger partial charge in [0.05, 0.1) is 0 Å². The molecule has 0 aromatic heterocycles. The molecular formula is C13H12O3. The maximum atomic E-state index is 10.9. The van der Waals surface area contributed by atoms with Crippen LogP contribution >= 0.6 is 0 Å². The summed E-state index contributed by atoms with van der Waals surface area (Å²) in [6.07, 6.45) is 5.08. The molecule has 0 saturated heterocycles. The van der Waals surface area contributed by atoms with Crippen molar-refractivity contribution in [3.05, 3.63) is 41.5 Å². The Balaban J connectivity index is 2.11. The van der Waals surface area contributed by atoms with E-state index in [2.05, 4.69) is 6.07 Å². The molecule has 0 heterocycles. The molecule has 0 amide bonds. The highest BCUT2D eigenvalue weighted by atomic mass is 16.4. The second-order valence-corrected chi connectivity index (χ2v) is 3.95. The summed E-state index contributed by atoms with van der Waals surface area (Å²) in [5.74, 6) is -1.66. The molecule has 0 unspecified atom stereocenters. The highest BCUT2D eigenvalue weighted by molar-refractivity contribution is 6.38. The van der Waals surface area contributed by atoms with E-state index in [9.17, 15) is 9.59 Å². The Labute approximate surface area is 93.4 Å². The third-order valence-corrected chi connectivity index (χ3v) is 2.60. The van der Waals surface area contributed by atoms with Gasteiger partial charge in [0.25, 0.3) is 5.78 Å². The topological polar surface area (TPSA) is 54.4 Å². The van der Waals surface area contributed by atoms with Gasteiger partial charge >= 0.3 is 5.97 Å². The van der Waals surface area contributed by atoms with Crippen molar-refractivity contribution in [2.75, 3.05) is 0 Å². The number of carboxylic acids is 1. The third kappa shape index (κ3) is 2.57. The first kappa shape index (κ1) is 10.6. The molecule has 0 bridgehead atoms. The van der Waals surface area contributed by atoms with Crippen LogP contribution in [0.5, 0.6) is 0 Å². The van der Waals surface area contributed by atoms with Gasteiger partial charge in [-0.1, -0.05) is 30.3 Å². The molecule has 0 atom stereocenters. The summed E-state index contributed by atoms with van der Waals surface area (Å²) in [5.41, 5.74) is 2.14. The Morgan fingerprint density at radius 2 is 2.06 bits per heavy atom. The van der Waals surface area contributed by atoms with E-state index < -0.39 is 11.8 Å². The Morgan fingerprint density at radius 3 is 2.69 bits per heavy atom. The van der Waals surface area contributed by atoms with Gasteiger partial charge in [0.2, 0.25) is 0 Å². The monoisotopic (exact) mass is 216 g/mol. The van der Waals surface area contributed by atoms with Crippen LogP contribution in [-0.2, 0) is 9.59 Å². The normalized spacial score (nSPS) is 15.2. The average molecular weight is 216 g/mol. The molecule has 0 radical (unpaired) electrons. The van der Waals surface area contributed by atoms with Crippen LogP contribution < -0.4 is 0 Å². The number of hydrogen-bond acceptors (Lipinski definition) is 2. The summed E-state index contributed by atoms with van der Waals surface area (Å²) in [7, 11) is 0. The quantitative estimate of drug-likeness (QED) is 0.620. The smallest absolute Gasteiger partial charge is 0.376 e. The van der Waals surface area contributed by atoms with Crippen LogP contribution in [-0.4, -0.2) is 16.9 Å². The maximum Gasteiger partial charge on any atom is 0.376 e. The van der Waals surface area contributed by atoms with Crippen molar-refractivity contribution in [2.45, 2.75) is 18.8 Å². The minimum Gasteiger partial charge on any atom is -0.475 e. The fourth-order valence-corrected chi connectivity index (χ4v) is 1.58. The van der Waals surface area contributed by atoms with E-state index in [0.717, 1.165) is 11.6 Å². The van der Waals surface area contributed by atoms with Gasteiger partial charge in [0, 0.05) is 0 Å². The number of carboxylic acid groups (broad SMARTS) is 1. The van der Waals surface area contributed by atoms with E-state index in [1.165, 1.54) is 18.4 Å². The van der Waals surface area contributed by atoms with Crippen LogP contribution in [0.1, 0.15) is 29.9 Å². The van der Waals surface area contributed by atoms with Gasteiger partial charge in [-0.2, -0.15) is 0 Å². The minimum atomic E-state index is -1.42. The number of hydrogen-bond donors (Lipinski definition) is 1. The Hall–Kier alpha value is -1.90. The number of ketones is 1. The van der Waals surface area contributed by atoms with Crippen LogP contribution in [0.3, 0.4) is 0 Å². The number of rotatable bonds is 4. The van der Waals surface area contributed by atoms with Crippen LogP contribution in [0.15, 0.2) is 30.3 Å². The van der Waals surface area contributed by atoms with Gasteiger partial charge in [0.1, 0.15) is 0 Å². The van der Waals surface area contributed by atoms with Crippen molar-refractivity contribution < 1.29 is 14.7 Å². The van der Waals surface area contributed by atoms with E-state index in [0.29, 0.717) is 5.92 Å². The molecule has 2 rings (SSSR count). The van der Waals surface area contributed by atoms with Crippen molar-refractivity contribution in [1.29, 1.82) is 0 Å². The van der Waals surface area contributed by atoms with E-state index in [1.54, 1.807) is 6.08 Å². The lowest BCUT2D eigenvalue weighted by Crippen LogP contribution is -2.08. The lowest BCUT2D eigenvalue weighted by atomic mass is 10.1. The number of carbonyl (C=O) groups excluding carboxylic acids is 1. The van der Waals surface area contributed by atoms with Crippen molar-refractivity contribution >= 4 is 17.8 Å². The lowest BCUT2D eigenvalue weighted by molar-refractivity contribution is -0.146. The Bertz CT molecular complexity index is 456. The SMILES string of the molecule is O=C(O)C(=O)/C=C/c1cccc(C2CC2)c1. The second kappa shape index (κ2) is 4.31. The molecule has 1 aromatic carbocycles. The Morgan fingerprint density at radius 1 is 1.31 bits per heavy atom. The standard InChI is InChI=1S/C13H12O3/c14-12(13(15)16)7-4-9-2-1-3-11(8-9)10-5-6-10/h1-4,7-8,10H,5-6H2,(H,15,16)/b7-4+. The van der Waals surface area contributed by atoms with Gasteiger partial charge in [-0.15, -0.1) is 0 Å². The number of carbonyl (C=O) groups is 2. The number of benzene rings is 1.